The molecule has 0 aliphatic heterocycles. The summed E-state index contributed by atoms with van der Waals surface area (Å²) >= 11 is 1.54. The van der Waals surface area contributed by atoms with E-state index in [1.54, 1.807) is 18.3 Å². The molecule has 4 aromatic rings. The number of carbonyl (C=O) groups excluding carboxylic acids is 1. The molecule has 0 saturated carbocycles. The largest absolute Gasteiger partial charge is 0.342 e. The molecular formula is C24H23N5OS. The minimum atomic E-state index is -0.321. The second-order valence-electron chi connectivity index (χ2n) is 7.27. The summed E-state index contributed by atoms with van der Waals surface area (Å²) in [5.41, 5.74) is 4.12. The maximum Gasteiger partial charge on any atom is 0.256 e. The van der Waals surface area contributed by atoms with Gasteiger partial charge < -0.3 is 10.6 Å². The maximum atomic E-state index is 12.8. The Morgan fingerprint density at radius 1 is 0.935 bits per heavy atom. The van der Waals surface area contributed by atoms with Gasteiger partial charge in [-0.05, 0) is 57.2 Å². The fourth-order valence-electron chi connectivity index (χ4n) is 3.39. The molecule has 0 aliphatic carbocycles. The summed E-state index contributed by atoms with van der Waals surface area (Å²) in [6.45, 7) is 5.90. The molecule has 31 heavy (non-hydrogen) atoms. The fraction of sp³-hybridized carbons (Fsp3) is 0.167. The highest BCUT2D eigenvalue weighted by Gasteiger charge is 2.23. The molecule has 3 aromatic heterocycles. The molecule has 7 heteroatoms. The van der Waals surface area contributed by atoms with Gasteiger partial charge in [-0.2, -0.15) is 0 Å². The number of nitrogens with zero attached hydrogens (tertiary/aromatic N) is 3. The van der Waals surface area contributed by atoms with Crippen LogP contribution in [-0.2, 0) is 0 Å². The van der Waals surface area contributed by atoms with Crippen LogP contribution < -0.4 is 10.6 Å². The van der Waals surface area contributed by atoms with E-state index in [0.717, 1.165) is 32.5 Å². The van der Waals surface area contributed by atoms with Gasteiger partial charge >= 0.3 is 0 Å². The van der Waals surface area contributed by atoms with Crippen molar-refractivity contribution in [2.24, 2.45) is 0 Å². The van der Waals surface area contributed by atoms with Crippen molar-refractivity contribution < 1.29 is 4.79 Å². The summed E-state index contributed by atoms with van der Waals surface area (Å²) in [5.74, 6) is 0.378. The Kier molecular flexibility index (Phi) is 6.04. The van der Waals surface area contributed by atoms with Crippen LogP contribution in [0.15, 0.2) is 66.9 Å². The number of carbonyl (C=O) groups is 1. The lowest BCUT2D eigenvalue weighted by Gasteiger charge is -2.20. The van der Waals surface area contributed by atoms with E-state index in [1.807, 2.05) is 63.2 Å². The van der Waals surface area contributed by atoms with E-state index < -0.39 is 0 Å². The Hall–Kier alpha value is -3.58. The molecule has 1 amide bonds. The minimum absolute atomic E-state index is 0.147. The molecule has 0 saturated heterocycles. The molecule has 2 N–H and O–H groups in total. The Morgan fingerprint density at radius 3 is 2.32 bits per heavy atom. The molecule has 0 aliphatic rings. The van der Waals surface area contributed by atoms with Gasteiger partial charge in [-0.25, -0.2) is 9.97 Å². The highest BCUT2D eigenvalue weighted by Crippen LogP contribution is 2.36. The van der Waals surface area contributed by atoms with Gasteiger partial charge in [-0.3, -0.25) is 9.78 Å². The molecule has 0 fully saturated rings. The quantitative estimate of drug-likeness (QED) is 0.434. The van der Waals surface area contributed by atoms with Crippen molar-refractivity contribution in [2.75, 3.05) is 10.6 Å². The van der Waals surface area contributed by atoms with E-state index >= 15 is 0 Å². The first kappa shape index (κ1) is 20.7. The fourth-order valence-corrected chi connectivity index (χ4v) is 4.33. The summed E-state index contributed by atoms with van der Waals surface area (Å²) in [7, 11) is 0. The van der Waals surface area contributed by atoms with Gasteiger partial charge in [0, 0.05) is 33.6 Å². The lowest BCUT2D eigenvalue weighted by atomic mass is 10.0. The smallest absolute Gasteiger partial charge is 0.256 e. The number of benzene rings is 1. The van der Waals surface area contributed by atoms with Crippen LogP contribution >= 0.6 is 11.3 Å². The zero-order chi connectivity index (χ0) is 21.8. The van der Waals surface area contributed by atoms with Crippen molar-refractivity contribution in [3.8, 4) is 0 Å². The SMILES string of the molecule is Cc1cc(C)nc(N[C@@H](c2ccccn2)c2cc(C)sc2NC(=O)c2ccccc2)n1. The van der Waals surface area contributed by atoms with E-state index in [9.17, 15) is 4.79 Å². The van der Waals surface area contributed by atoms with Crippen molar-refractivity contribution in [3.63, 3.8) is 0 Å². The molecule has 0 spiro atoms. The van der Waals surface area contributed by atoms with Gasteiger partial charge in [-0.15, -0.1) is 11.3 Å². The van der Waals surface area contributed by atoms with E-state index in [0.29, 0.717) is 11.5 Å². The molecule has 156 valence electrons. The standard InChI is InChI=1S/C24H23N5OS/c1-15-13-16(2)27-24(26-15)28-21(20-11-7-8-12-25-20)19-14-17(3)31-23(19)29-22(30)18-9-5-4-6-10-18/h4-14,21H,1-3H3,(H,29,30)(H,26,27,28)/t21-/m1/s1. The predicted octanol–water partition coefficient (Wildman–Crippen LogP) is 5.31. The minimum Gasteiger partial charge on any atom is -0.342 e. The molecule has 6 nitrogen and oxygen atoms in total. The summed E-state index contributed by atoms with van der Waals surface area (Å²) < 4.78 is 0. The molecule has 4 rings (SSSR count). The molecule has 0 unspecified atom stereocenters. The van der Waals surface area contributed by atoms with Crippen molar-refractivity contribution >= 4 is 28.2 Å². The second-order valence-corrected chi connectivity index (χ2v) is 8.52. The topological polar surface area (TPSA) is 79.8 Å². The van der Waals surface area contributed by atoms with Crippen molar-refractivity contribution in [2.45, 2.75) is 26.8 Å². The van der Waals surface area contributed by atoms with Gasteiger partial charge in [0.2, 0.25) is 5.95 Å². The number of thiophene rings is 1. The van der Waals surface area contributed by atoms with Gasteiger partial charge in [-0.1, -0.05) is 24.3 Å². The molecule has 3 heterocycles. The third-order valence-corrected chi connectivity index (χ3v) is 5.68. The normalized spacial score (nSPS) is 11.7. The molecular weight excluding hydrogens is 406 g/mol. The third-order valence-electron chi connectivity index (χ3n) is 4.70. The first-order valence-corrected chi connectivity index (χ1v) is 10.8. The Balaban J connectivity index is 1.72. The van der Waals surface area contributed by atoms with Crippen LogP contribution in [0.3, 0.4) is 0 Å². The van der Waals surface area contributed by atoms with Crippen LogP contribution in [0.1, 0.15) is 43.9 Å². The average molecular weight is 430 g/mol. The first-order valence-electron chi connectivity index (χ1n) is 9.96. The van der Waals surface area contributed by atoms with Crippen LogP contribution in [0.25, 0.3) is 0 Å². The number of aryl methyl sites for hydroxylation is 3. The maximum absolute atomic E-state index is 12.8. The van der Waals surface area contributed by atoms with Crippen LogP contribution in [0.4, 0.5) is 10.9 Å². The zero-order valence-corrected chi connectivity index (χ0v) is 18.4. The third kappa shape index (κ3) is 4.95. The van der Waals surface area contributed by atoms with Crippen molar-refractivity contribution in [3.05, 3.63) is 99.9 Å². The lowest BCUT2D eigenvalue weighted by Crippen LogP contribution is -2.18. The van der Waals surface area contributed by atoms with E-state index in [-0.39, 0.29) is 11.9 Å². The Morgan fingerprint density at radius 2 is 1.65 bits per heavy atom. The highest BCUT2D eigenvalue weighted by atomic mass is 32.1. The summed E-state index contributed by atoms with van der Waals surface area (Å²) in [4.78, 5) is 27.5. The molecule has 1 atom stereocenters. The molecule has 1 aromatic carbocycles. The predicted molar refractivity (Wildman–Crippen MR) is 125 cm³/mol. The summed E-state index contributed by atoms with van der Waals surface area (Å²) in [5, 5.41) is 7.28. The number of amides is 1. The van der Waals surface area contributed by atoms with Crippen LogP contribution in [0.2, 0.25) is 0 Å². The number of pyridine rings is 1. The monoisotopic (exact) mass is 429 g/mol. The number of aromatic nitrogens is 3. The number of hydrogen-bond acceptors (Lipinski definition) is 6. The Bertz CT molecular complexity index is 1170. The lowest BCUT2D eigenvalue weighted by molar-refractivity contribution is 0.102. The molecule has 0 bridgehead atoms. The van der Waals surface area contributed by atoms with Gasteiger partial charge in [0.1, 0.15) is 5.00 Å². The number of nitrogens with one attached hydrogen (secondary N) is 2. The first-order chi connectivity index (χ1) is 15.0. The van der Waals surface area contributed by atoms with Crippen LogP contribution in [-0.4, -0.2) is 20.9 Å². The van der Waals surface area contributed by atoms with Crippen molar-refractivity contribution in [1.29, 1.82) is 0 Å². The van der Waals surface area contributed by atoms with E-state index in [2.05, 4.69) is 31.7 Å². The van der Waals surface area contributed by atoms with Gasteiger partial charge in [0.05, 0.1) is 11.7 Å². The number of anilines is 2. The number of hydrogen-bond donors (Lipinski definition) is 2. The zero-order valence-electron chi connectivity index (χ0n) is 17.6. The second kappa shape index (κ2) is 9.06. The highest BCUT2D eigenvalue weighted by molar-refractivity contribution is 7.16. The van der Waals surface area contributed by atoms with E-state index in [1.165, 1.54) is 11.3 Å². The van der Waals surface area contributed by atoms with Gasteiger partial charge in [0.25, 0.3) is 5.91 Å². The van der Waals surface area contributed by atoms with Crippen molar-refractivity contribution in [1.82, 2.24) is 15.0 Å². The van der Waals surface area contributed by atoms with E-state index in [4.69, 9.17) is 0 Å². The number of rotatable bonds is 6. The summed E-state index contributed by atoms with van der Waals surface area (Å²) in [6.07, 6.45) is 1.76. The van der Waals surface area contributed by atoms with Crippen LogP contribution in [0, 0.1) is 20.8 Å². The summed E-state index contributed by atoms with van der Waals surface area (Å²) in [6, 6.07) is 18.7. The van der Waals surface area contributed by atoms with Gasteiger partial charge in [0.15, 0.2) is 0 Å². The average Bonchev–Trinajstić information content (AvgIpc) is 3.12. The molecule has 0 radical (unpaired) electrons. The van der Waals surface area contributed by atoms with Crippen LogP contribution in [0.5, 0.6) is 0 Å². The Labute approximate surface area is 185 Å².